The van der Waals surface area contributed by atoms with Crippen LogP contribution >= 0.6 is 0 Å². The first-order chi connectivity index (χ1) is 11.1. The average Bonchev–Trinajstić information content (AvgIpc) is 3.08. The molecule has 0 bridgehead atoms. The van der Waals surface area contributed by atoms with E-state index < -0.39 is 0 Å². The van der Waals surface area contributed by atoms with Crippen molar-refractivity contribution >= 4 is 5.82 Å². The number of anilines is 1. The highest BCUT2D eigenvalue weighted by Crippen LogP contribution is 2.22. The Morgan fingerprint density at radius 2 is 2.09 bits per heavy atom. The molecule has 8 heteroatoms. The molecular weight excluding hydrogens is 294 g/mol. The second-order valence-electron chi connectivity index (χ2n) is 5.25. The quantitative estimate of drug-likeness (QED) is 0.769. The minimum Gasteiger partial charge on any atom is -0.481 e. The summed E-state index contributed by atoms with van der Waals surface area (Å²) in [7, 11) is 5.41. The highest BCUT2D eigenvalue weighted by atomic mass is 16.5. The van der Waals surface area contributed by atoms with Gasteiger partial charge in [0.25, 0.3) is 0 Å². The number of nitrogens with zero attached hydrogens (tertiary/aromatic N) is 6. The van der Waals surface area contributed by atoms with E-state index in [0.717, 1.165) is 34.3 Å². The van der Waals surface area contributed by atoms with Crippen LogP contribution in [0.5, 0.6) is 5.88 Å². The van der Waals surface area contributed by atoms with Crippen LogP contribution < -0.4 is 10.1 Å². The van der Waals surface area contributed by atoms with Crippen LogP contribution in [-0.2, 0) is 20.6 Å². The van der Waals surface area contributed by atoms with Crippen molar-refractivity contribution in [1.29, 1.82) is 0 Å². The van der Waals surface area contributed by atoms with E-state index in [4.69, 9.17) is 4.74 Å². The maximum Gasteiger partial charge on any atom is 0.216 e. The predicted molar refractivity (Wildman–Crippen MR) is 86.1 cm³/mol. The summed E-state index contributed by atoms with van der Waals surface area (Å²) in [6.45, 7) is 2.56. The van der Waals surface area contributed by atoms with Gasteiger partial charge in [-0.1, -0.05) is 0 Å². The topological polar surface area (TPSA) is 82.7 Å². The van der Waals surface area contributed by atoms with Crippen molar-refractivity contribution in [1.82, 2.24) is 29.5 Å². The van der Waals surface area contributed by atoms with Gasteiger partial charge in [0.1, 0.15) is 12.1 Å². The van der Waals surface area contributed by atoms with Gasteiger partial charge in [-0.2, -0.15) is 5.10 Å². The fraction of sp³-hybridized carbons (Fsp3) is 0.333. The molecule has 0 atom stereocenters. The van der Waals surface area contributed by atoms with Crippen molar-refractivity contribution in [3.8, 4) is 17.3 Å². The molecule has 3 aromatic rings. The summed E-state index contributed by atoms with van der Waals surface area (Å²) in [5.74, 6) is 2.32. The fourth-order valence-corrected chi connectivity index (χ4v) is 2.49. The van der Waals surface area contributed by atoms with Crippen LogP contribution in [0.1, 0.15) is 11.3 Å². The molecule has 0 aliphatic heterocycles. The fourth-order valence-electron chi connectivity index (χ4n) is 2.49. The Morgan fingerprint density at radius 1 is 1.26 bits per heavy atom. The molecule has 0 aliphatic carbocycles. The Labute approximate surface area is 134 Å². The third kappa shape index (κ3) is 2.87. The minimum absolute atomic E-state index is 0.596. The molecule has 3 heterocycles. The summed E-state index contributed by atoms with van der Waals surface area (Å²) < 4.78 is 8.98. The Balaban J connectivity index is 1.74. The van der Waals surface area contributed by atoms with Crippen LogP contribution in [-0.4, -0.2) is 36.6 Å². The van der Waals surface area contributed by atoms with Crippen molar-refractivity contribution in [2.75, 3.05) is 12.4 Å². The van der Waals surface area contributed by atoms with E-state index >= 15 is 0 Å². The van der Waals surface area contributed by atoms with E-state index in [9.17, 15) is 0 Å². The molecule has 0 aliphatic rings. The number of rotatable bonds is 5. The normalized spacial score (nSPS) is 10.8. The van der Waals surface area contributed by atoms with Crippen LogP contribution in [0.25, 0.3) is 11.4 Å². The highest BCUT2D eigenvalue weighted by molar-refractivity contribution is 5.56. The zero-order chi connectivity index (χ0) is 16.4. The van der Waals surface area contributed by atoms with Gasteiger partial charge in [-0.3, -0.25) is 0 Å². The largest absolute Gasteiger partial charge is 0.481 e. The number of hydrogen-bond acceptors (Lipinski definition) is 6. The van der Waals surface area contributed by atoms with Crippen LogP contribution in [0.15, 0.2) is 24.7 Å². The Morgan fingerprint density at radius 3 is 2.70 bits per heavy atom. The SMILES string of the molecule is COc1c(CNc2ccc(-c3nncn3C)cn2)c(C)nn1C. The summed E-state index contributed by atoms with van der Waals surface area (Å²) >= 11 is 0. The minimum atomic E-state index is 0.596. The van der Waals surface area contributed by atoms with Gasteiger partial charge in [-0.15, -0.1) is 10.2 Å². The van der Waals surface area contributed by atoms with Gasteiger partial charge < -0.3 is 14.6 Å². The summed E-state index contributed by atoms with van der Waals surface area (Å²) in [6.07, 6.45) is 3.44. The highest BCUT2D eigenvalue weighted by Gasteiger charge is 2.13. The predicted octanol–water partition coefficient (Wildman–Crippen LogP) is 1.54. The first-order valence-electron chi connectivity index (χ1n) is 7.21. The third-order valence-electron chi connectivity index (χ3n) is 3.66. The Bertz CT molecular complexity index is 804. The summed E-state index contributed by atoms with van der Waals surface area (Å²) in [5, 5.41) is 15.6. The van der Waals surface area contributed by atoms with Crippen LogP contribution in [0.2, 0.25) is 0 Å². The first-order valence-corrected chi connectivity index (χ1v) is 7.21. The van der Waals surface area contributed by atoms with Crippen molar-refractivity contribution < 1.29 is 4.74 Å². The maximum atomic E-state index is 5.39. The van der Waals surface area contributed by atoms with Crippen molar-refractivity contribution in [3.05, 3.63) is 35.9 Å². The van der Waals surface area contributed by atoms with E-state index in [1.54, 1.807) is 24.3 Å². The van der Waals surface area contributed by atoms with E-state index in [1.807, 2.05) is 37.7 Å². The lowest BCUT2D eigenvalue weighted by Gasteiger charge is -2.08. The van der Waals surface area contributed by atoms with E-state index in [-0.39, 0.29) is 0 Å². The van der Waals surface area contributed by atoms with Crippen LogP contribution in [0.3, 0.4) is 0 Å². The summed E-state index contributed by atoms with van der Waals surface area (Å²) in [5.41, 5.74) is 2.88. The lowest BCUT2D eigenvalue weighted by atomic mass is 10.2. The van der Waals surface area contributed by atoms with E-state index in [1.165, 1.54) is 0 Å². The number of nitrogens with one attached hydrogen (secondary N) is 1. The van der Waals surface area contributed by atoms with Crippen molar-refractivity contribution in [2.24, 2.45) is 14.1 Å². The number of aryl methyl sites for hydroxylation is 3. The van der Waals surface area contributed by atoms with Crippen molar-refractivity contribution in [3.63, 3.8) is 0 Å². The average molecular weight is 313 g/mol. The van der Waals surface area contributed by atoms with Gasteiger partial charge in [0.2, 0.25) is 5.88 Å². The molecule has 0 radical (unpaired) electrons. The maximum absolute atomic E-state index is 5.39. The number of methoxy groups -OCH3 is 1. The molecule has 1 N–H and O–H groups in total. The molecule has 0 aromatic carbocycles. The molecule has 0 amide bonds. The number of pyridine rings is 1. The zero-order valence-electron chi connectivity index (χ0n) is 13.6. The zero-order valence-corrected chi connectivity index (χ0v) is 13.6. The van der Waals surface area contributed by atoms with Gasteiger partial charge in [0.05, 0.1) is 18.4 Å². The lowest BCUT2D eigenvalue weighted by molar-refractivity contribution is 0.370. The molecule has 8 nitrogen and oxygen atoms in total. The molecule has 0 fully saturated rings. The molecule has 3 aromatic heterocycles. The van der Waals surface area contributed by atoms with Crippen molar-refractivity contribution in [2.45, 2.75) is 13.5 Å². The standard InChI is InChI=1S/C15H19N7O/c1-10-12(15(23-4)22(3)20-10)8-17-13-6-5-11(7-16-13)14-19-18-9-21(14)2/h5-7,9H,8H2,1-4H3,(H,16,17). The molecular formula is C15H19N7O. The Kier molecular flexibility index (Phi) is 3.96. The number of hydrogen-bond donors (Lipinski definition) is 1. The molecule has 3 rings (SSSR count). The van der Waals surface area contributed by atoms with E-state index in [2.05, 4.69) is 25.6 Å². The molecule has 0 unspecified atom stereocenters. The van der Waals surface area contributed by atoms with E-state index in [0.29, 0.717) is 6.54 Å². The number of ether oxygens (including phenoxy) is 1. The molecule has 0 saturated carbocycles. The Hall–Kier alpha value is -2.90. The second kappa shape index (κ2) is 6.07. The third-order valence-corrected chi connectivity index (χ3v) is 3.66. The van der Waals surface area contributed by atoms with Crippen LogP contribution in [0, 0.1) is 6.92 Å². The first kappa shape index (κ1) is 15.0. The molecule has 23 heavy (non-hydrogen) atoms. The molecule has 120 valence electrons. The summed E-state index contributed by atoms with van der Waals surface area (Å²) in [6, 6.07) is 3.88. The molecule has 0 saturated heterocycles. The monoisotopic (exact) mass is 313 g/mol. The second-order valence-corrected chi connectivity index (χ2v) is 5.25. The smallest absolute Gasteiger partial charge is 0.216 e. The van der Waals surface area contributed by atoms with Crippen LogP contribution in [0.4, 0.5) is 5.82 Å². The summed E-state index contributed by atoms with van der Waals surface area (Å²) in [4.78, 5) is 4.42. The van der Waals surface area contributed by atoms with Gasteiger partial charge in [-0.05, 0) is 19.1 Å². The van der Waals surface area contributed by atoms with Gasteiger partial charge in [-0.25, -0.2) is 9.67 Å². The number of aromatic nitrogens is 6. The van der Waals surface area contributed by atoms with Gasteiger partial charge in [0.15, 0.2) is 5.82 Å². The molecule has 0 spiro atoms. The van der Waals surface area contributed by atoms with Gasteiger partial charge >= 0.3 is 0 Å². The lowest BCUT2D eigenvalue weighted by Crippen LogP contribution is -2.04. The van der Waals surface area contributed by atoms with Gasteiger partial charge in [0, 0.05) is 32.4 Å².